The number of methoxy groups -OCH3 is 1. The number of benzene rings is 1. The molecule has 0 aliphatic heterocycles. The number of hydrogen-bond acceptors (Lipinski definition) is 4. The topological polar surface area (TPSA) is 47.6 Å². The lowest BCUT2D eigenvalue weighted by Crippen LogP contribution is -2.42. The van der Waals surface area contributed by atoms with Crippen LogP contribution >= 0.6 is 12.4 Å². The molecule has 0 heterocycles. The Morgan fingerprint density at radius 1 is 1.39 bits per heavy atom. The van der Waals surface area contributed by atoms with Crippen molar-refractivity contribution in [1.82, 2.24) is 5.32 Å². The molecule has 1 aromatic carbocycles. The molecule has 4 nitrogen and oxygen atoms in total. The van der Waals surface area contributed by atoms with Gasteiger partial charge in [0.2, 0.25) is 0 Å². The number of carbonyl (C=O) groups excluding carboxylic acids is 1. The minimum atomic E-state index is -0.115. The molecule has 0 aromatic heterocycles. The van der Waals surface area contributed by atoms with Gasteiger partial charge in [-0.05, 0) is 49.8 Å². The minimum Gasteiger partial charge on any atom is -0.496 e. The van der Waals surface area contributed by atoms with Crippen molar-refractivity contribution in [3.05, 3.63) is 29.3 Å². The Bertz CT molecular complexity index is 493. The Morgan fingerprint density at radius 2 is 2.17 bits per heavy atom. The highest BCUT2D eigenvalue weighted by Gasteiger charge is 2.24. The van der Waals surface area contributed by atoms with Crippen molar-refractivity contribution in [3.8, 4) is 5.75 Å². The Labute approximate surface area is 145 Å². The summed E-state index contributed by atoms with van der Waals surface area (Å²) >= 11 is 0. The smallest absolute Gasteiger partial charge is 0.307 e. The van der Waals surface area contributed by atoms with Gasteiger partial charge in [-0.15, -0.1) is 12.4 Å². The first kappa shape index (κ1) is 19.8. The first-order chi connectivity index (χ1) is 10.7. The number of rotatable bonds is 7. The van der Waals surface area contributed by atoms with Crippen LogP contribution in [0.25, 0.3) is 0 Å². The SMILES string of the molecule is CCOC(=O)CC(CC)NC1CCc2cccc(OC)c2C1.Cl. The second-order valence-electron chi connectivity index (χ2n) is 5.82. The van der Waals surface area contributed by atoms with Crippen LogP contribution in [-0.2, 0) is 22.4 Å². The standard InChI is InChI=1S/C18H27NO3.ClH/c1-4-14(12-18(20)22-5-2)19-15-10-9-13-7-6-8-17(21-3)16(13)11-15;/h6-8,14-15,19H,4-5,9-12H2,1-3H3;1H. The van der Waals surface area contributed by atoms with E-state index in [2.05, 4.69) is 24.4 Å². The van der Waals surface area contributed by atoms with Crippen LogP contribution < -0.4 is 10.1 Å². The predicted octanol–water partition coefficient (Wildman–Crippen LogP) is 3.30. The lowest BCUT2D eigenvalue weighted by molar-refractivity contribution is -0.143. The number of nitrogens with one attached hydrogen (secondary N) is 1. The number of ether oxygens (including phenoxy) is 2. The number of hydrogen-bond donors (Lipinski definition) is 1. The lowest BCUT2D eigenvalue weighted by atomic mass is 9.87. The summed E-state index contributed by atoms with van der Waals surface area (Å²) in [5.74, 6) is 0.859. The van der Waals surface area contributed by atoms with Gasteiger partial charge in [0.15, 0.2) is 0 Å². The third-order valence-electron chi connectivity index (χ3n) is 4.35. The van der Waals surface area contributed by atoms with Crippen molar-refractivity contribution in [2.45, 2.75) is 58.0 Å². The summed E-state index contributed by atoms with van der Waals surface area (Å²) in [6, 6.07) is 6.84. The number of esters is 1. The maximum absolute atomic E-state index is 11.7. The third kappa shape index (κ3) is 5.40. The van der Waals surface area contributed by atoms with E-state index in [1.54, 1.807) is 7.11 Å². The molecule has 130 valence electrons. The first-order valence-electron chi connectivity index (χ1n) is 8.24. The van der Waals surface area contributed by atoms with Crippen molar-refractivity contribution < 1.29 is 14.3 Å². The van der Waals surface area contributed by atoms with Crippen LogP contribution in [0.4, 0.5) is 0 Å². The Balaban J connectivity index is 0.00000264. The van der Waals surface area contributed by atoms with Crippen molar-refractivity contribution in [3.63, 3.8) is 0 Å². The molecule has 1 aliphatic rings. The summed E-state index contributed by atoms with van der Waals surface area (Å²) in [4.78, 5) is 11.7. The average molecular weight is 342 g/mol. The Kier molecular flexibility index (Phi) is 8.42. The number of fused-ring (bicyclic) bond motifs is 1. The van der Waals surface area contributed by atoms with E-state index >= 15 is 0 Å². The number of halogens is 1. The fourth-order valence-corrected chi connectivity index (χ4v) is 3.16. The second-order valence-corrected chi connectivity index (χ2v) is 5.82. The van der Waals surface area contributed by atoms with Crippen molar-refractivity contribution in [2.75, 3.05) is 13.7 Å². The van der Waals surface area contributed by atoms with Crippen molar-refractivity contribution in [1.29, 1.82) is 0 Å². The molecule has 0 bridgehead atoms. The van der Waals surface area contributed by atoms with Crippen LogP contribution in [0.3, 0.4) is 0 Å². The fraction of sp³-hybridized carbons (Fsp3) is 0.611. The van der Waals surface area contributed by atoms with Crippen molar-refractivity contribution >= 4 is 18.4 Å². The van der Waals surface area contributed by atoms with Crippen LogP contribution in [0, 0.1) is 0 Å². The predicted molar refractivity (Wildman–Crippen MR) is 94.5 cm³/mol. The van der Waals surface area contributed by atoms with Crippen LogP contribution in [0.5, 0.6) is 5.75 Å². The normalized spacial score (nSPS) is 17.6. The van der Waals surface area contributed by atoms with E-state index in [4.69, 9.17) is 9.47 Å². The Hall–Kier alpha value is -1.26. The molecule has 1 aliphatic carbocycles. The molecule has 2 rings (SSSR count). The minimum absolute atomic E-state index is 0. The zero-order valence-corrected chi connectivity index (χ0v) is 15.1. The van der Waals surface area contributed by atoms with E-state index < -0.39 is 0 Å². The van der Waals surface area contributed by atoms with Crippen LogP contribution in [-0.4, -0.2) is 31.8 Å². The highest BCUT2D eigenvalue weighted by atomic mass is 35.5. The quantitative estimate of drug-likeness (QED) is 0.773. The van der Waals surface area contributed by atoms with E-state index in [0.29, 0.717) is 19.1 Å². The van der Waals surface area contributed by atoms with Gasteiger partial charge in [0.25, 0.3) is 0 Å². The van der Waals surface area contributed by atoms with Gasteiger partial charge in [-0.25, -0.2) is 0 Å². The van der Waals surface area contributed by atoms with Gasteiger partial charge in [0.05, 0.1) is 20.1 Å². The van der Waals surface area contributed by atoms with E-state index in [0.717, 1.165) is 31.4 Å². The molecule has 2 atom stereocenters. The number of carbonyl (C=O) groups is 1. The first-order valence-corrected chi connectivity index (χ1v) is 8.24. The van der Waals surface area contributed by atoms with Gasteiger partial charge < -0.3 is 14.8 Å². The zero-order valence-electron chi connectivity index (χ0n) is 14.3. The van der Waals surface area contributed by atoms with Crippen LogP contribution in [0.1, 0.15) is 44.2 Å². The average Bonchev–Trinajstić information content (AvgIpc) is 2.53. The van der Waals surface area contributed by atoms with E-state index in [1.165, 1.54) is 11.1 Å². The van der Waals surface area contributed by atoms with Gasteiger partial charge in [0, 0.05) is 12.1 Å². The van der Waals surface area contributed by atoms with Gasteiger partial charge in [-0.2, -0.15) is 0 Å². The molecule has 0 spiro atoms. The number of aryl methyl sites for hydroxylation is 1. The lowest BCUT2D eigenvalue weighted by Gasteiger charge is -2.30. The largest absolute Gasteiger partial charge is 0.496 e. The Morgan fingerprint density at radius 3 is 2.83 bits per heavy atom. The van der Waals surface area contributed by atoms with Crippen LogP contribution in [0.2, 0.25) is 0 Å². The molecule has 1 aromatic rings. The summed E-state index contributed by atoms with van der Waals surface area (Å²) in [6.07, 6.45) is 4.48. The van der Waals surface area contributed by atoms with E-state index in [9.17, 15) is 4.79 Å². The van der Waals surface area contributed by atoms with E-state index in [-0.39, 0.29) is 24.4 Å². The fourth-order valence-electron chi connectivity index (χ4n) is 3.16. The molecule has 0 saturated heterocycles. The monoisotopic (exact) mass is 341 g/mol. The van der Waals surface area contributed by atoms with Gasteiger partial charge in [-0.3, -0.25) is 4.79 Å². The maximum Gasteiger partial charge on any atom is 0.307 e. The molecule has 2 unspecified atom stereocenters. The molecular weight excluding hydrogens is 314 g/mol. The van der Waals surface area contributed by atoms with Gasteiger partial charge >= 0.3 is 5.97 Å². The van der Waals surface area contributed by atoms with Gasteiger partial charge in [-0.1, -0.05) is 19.1 Å². The molecule has 23 heavy (non-hydrogen) atoms. The molecule has 0 fully saturated rings. The molecular formula is C18H28ClNO3. The molecule has 0 saturated carbocycles. The van der Waals surface area contributed by atoms with E-state index in [1.807, 2.05) is 13.0 Å². The highest BCUT2D eigenvalue weighted by molar-refractivity contribution is 5.85. The summed E-state index contributed by atoms with van der Waals surface area (Å²) in [5, 5.41) is 3.63. The summed E-state index contributed by atoms with van der Waals surface area (Å²) in [6.45, 7) is 4.40. The highest BCUT2D eigenvalue weighted by Crippen LogP contribution is 2.29. The van der Waals surface area contributed by atoms with Crippen LogP contribution in [0.15, 0.2) is 18.2 Å². The molecule has 0 amide bonds. The summed E-state index contributed by atoms with van der Waals surface area (Å²) in [5.41, 5.74) is 2.69. The molecule has 5 heteroatoms. The summed E-state index contributed by atoms with van der Waals surface area (Å²) < 4.78 is 10.5. The maximum atomic E-state index is 11.7. The molecule has 0 radical (unpaired) electrons. The zero-order chi connectivity index (χ0) is 15.9. The van der Waals surface area contributed by atoms with Crippen molar-refractivity contribution in [2.24, 2.45) is 0 Å². The molecule has 1 N–H and O–H groups in total. The second kappa shape index (κ2) is 9.78. The third-order valence-corrected chi connectivity index (χ3v) is 4.35. The van der Waals surface area contributed by atoms with Gasteiger partial charge in [0.1, 0.15) is 5.75 Å². The summed E-state index contributed by atoms with van der Waals surface area (Å²) in [7, 11) is 1.72.